The number of thiophene rings is 1. The van der Waals surface area contributed by atoms with E-state index >= 15 is 0 Å². The van der Waals surface area contributed by atoms with Crippen molar-refractivity contribution in [3.05, 3.63) is 22.4 Å². The molecule has 0 saturated heterocycles. The Morgan fingerprint density at radius 2 is 2.24 bits per heavy atom. The molecule has 0 fully saturated rings. The van der Waals surface area contributed by atoms with Crippen LogP contribution in [0.3, 0.4) is 0 Å². The molecule has 0 aromatic carbocycles. The average molecular weight is 255 g/mol. The Kier molecular flexibility index (Phi) is 8.32. The highest BCUT2D eigenvalue weighted by atomic mass is 32.1. The van der Waals surface area contributed by atoms with Gasteiger partial charge in [0.1, 0.15) is 0 Å². The van der Waals surface area contributed by atoms with E-state index in [-0.39, 0.29) is 0 Å². The molecular formula is C14H25NOS. The number of rotatable bonds is 10. The van der Waals surface area contributed by atoms with Gasteiger partial charge in [-0.3, -0.25) is 0 Å². The van der Waals surface area contributed by atoms with E-state index in [4.69, 9.17) is 4.74 Å². The SMILES string of the molecule is CCCNC(CCOCC)CCc1cccs1. The van der Waals surface area contributed by atoms with E-state index in [2.05, 4.69) is 36.7 Å². The summed E-state index contributed by atoms with van der Waals surface area (Å²) in [7, 11) is 0. The summed E-state index contributed by atoms with van der Waals surface area (Å²) in [4.78, 5) is 1.49. The fourth-order valence-electron chi connectivity index (χ4n) is 1.84. The minimum atomic E-state index is 0.601. The predicted octanol–water partition coefficient (Wildman–Crippen LogP) is 3.48. The maximum atomic E-state index is 5.44. The molecule has 0 aliphatic carbocycles. The highest BCUT2D eigenvalue weighted by molar-refractivity contribution is 7.09. The van der Waals surface area contributed by atoms with E-state index in [1.807, 2.05) is 11.3 Å². The molecule has 0 radical (unpaired) electrons. The Hall–Kier alpha value is -0.380. The molecule has 2 nitrogen and oxygen atoms in total. The predicted molar refractivity (Wildman–Crippen MR) is 75.8 cm³/mol. The van der Waals surface area contributed by atoms with Crippen LogP contribution in [-0.4, -0.2) is 25.8 Å². The summed E-state index contributed by atoms with van der Waals surface area (Å²) in [6.07, 6.45) is 4.72. The Morgan fingerprint density at radius 3 is 2.88 bits per heavy atom. The Labute approximate surface area is 109 Å². The molecule has 3 heteroatoms. The number of nitrogens with one attached hydrogen (secondary N) is 1. The smallest absolute Gasteiger partial charge is 0.0480 e. The molecule has 1 rings (SSSR count). The van der Waals surface area contributed by atoms with Crippen LogP contribution in [0.25, 0.3) is 0 Å². The van der Waals surface area contributed by atoms with E-state index in [0.717, 1.165) is 26.2 Å². The Bertz CT molecular complexity index is 261. The van der Waals surface area contributed by atoms with Gasteiger partial charge in [-0.25, -0.2) is 0 Å². The maximum absolute atomic E-state index is 5.44. The molecule has 0 amide bonds. The molecule has 0 aliphatic rings. The van der Waals surface area contributed by atoms with E-state index in [1.54, 1.807) is 0 Å². The molecule has 17 heavy (non-hydrogen) atoms. The summed E-state index contributed by atoms with van der Waals surface area (Å²) < 4.78 is 5.44. The van der Waals surface area contributed by atoms with Crippen molar-refractivity contribution < 1.29 is 4.74 Å². The highest BCUT2D eigenvalue weighted by Crippen LogP contribution is 2.13. The van der Waals surface area contributed by atoms with E-state index in [0.29, 0.717) is 6.04 Å². The summed E-state index contributed by atoms with van der Waals surface area (Å²) in [5, 5.41) is 5.77. The topological polar surface area (TPSA) is 21.3 Å². The Morgan fingerprint density at radius 1 is 1.35 bits per heavy atom. The first-order valence-corrected chi connectivity index (χ1v) is 7.58. The van der Waals surface area contributed by atoms with Gasteiger partial charge < -0.3 is 10.1 Å². The molecule has 1 N–H and O–H groups in total. The summed E-state index contributed by atoms with van der Waals surface area (Å²) >= 11 is 1.86. The second kappa shape index (κ2) is 9.63. The van der Waals surface area contributed by atoms with Crippen LogP contribution in [-0.2, 0) is 11.2 Å². The van der Waals surface area contributed by atoms with Crippen molar-refractivity contribution in [1.29, 1.82) is 0 Å². The van der Waals surface area contributed by atoms with Gasteiger partial charge in [0.25, 0.3) is 0 Å². The number of aryl methyl sites for hydroxylation is 1. The first kappa shape index (κ1) is 14.7. The zero-order chi connectivity index (χ0) is 12.3. The first-order chi connectivity index (χ1) is 8.36. The van der Waals surface area contributed by atoms with Gasteiger partial charge in [-0.05, 0) is 50.6 Å². The summed E-state index contributed by atoms with van der Waals surface area (Å²) in [6, 6.07) is 4.96. The third kappa shape index (κ3) is 6.81. The van der Waals surface area contributed by atoms with Crippen LogP contribution < -0.4 is 5.32 Å². The van der Waals surface area contributed by atoms with Gasteiger partial charge in [-0.1, -0.05) is 13.0 Å². The van der Waals surface area contributed by atoms with E-state index in [9.17, 15) is 0 Å². The van der Waals surface area contributed by atoms with E-state index in [1.165, 1.54) is 24.1 Å². The summed E-state index contributed by atoms with van der Waals surface area (Å²) in [6.45, 7) is 7.08. The van der Waals surface area contributed by atoms with Crippen molar-refractivity contribution >= 4 is 11.3 Å². The monoisotopic (exact) mass is 255 g/mol. The van der Waals surface area contributed by atoms with Gasteiger partial charge in [0.05, 0.1) is 0 Å². The van der Waals surface area contributed by atoms with Crippen molar-refractivity contribution in [2.75, 3.05) is 19.8 Å². The lowest BCUT2D eigenvalue weighted by Gasteiger charge is -2.18. The van der Waals surface area contributed by atoms with Crippen molar-refractivity contribution in [3.63, 3.8) is 0 Å². The lowest BCUT2D eigenvalue weighted by molar-refractivity contribution is 0.135. The maximum Gasteiger partial charge on any atom is 0.0480 e. The minimum Gasteiger partial charge on any atom is -0.382 e. The average Bonchev–Trinajstić information content (AvgIpc) is 2.85. The number of hydrogen-bond acceptors (Lipinski definition) is 3. The Balaban J connectivity index is 2.23. The molecule has 1 aromatic rings. The van der Waals surface area contributed by atoms with Gasteiger partial charge in [0, 0.05) is 24.1 Å². The largest absolute Gasteiger partial charge is 0.382 e. The molecule has 0 bridgehead atoms. The molecule has 0 spiro atoms. The van der Waals surface area contributed by atoms with Crippen LogP contribution in [0.5, 0.6) is 0 Å². The molecule has 1 heterocycles. The molecule has 1 unspecified atom stereocenters. The summed E-state index contributed by atoms with van der Waals surface area (Å²) in [5.41, 5.74) is 0. The first-order valence-electron chi connectivity index (χ1n) is 6.70. The van der Waals surface area contributed by atoms with Crippen LogP contribution in [0.2, 0.25) is 0 Å². The van der Waals surface area contributed by atoms with Crippen LogP contribution in [0.4, 0.5) is 0 Å². The second-order valence-corrected chi connectivity index (χ2v) is 5.29. The zero-order valence-electron chi connectivity index (χ0n) is 11.1. The quantitative estimate of drug-likeness (QED) is 0.646. The lowest BCUT2D eigenvalue weighted by atomic mass is 10.1. The number of ether oxygens (including phenoxy) is 1. The standard InChI is InChI=1S/C14H25NOS/c1-3-10-15-13(9-11-16-4-2)7-8-14-6-5-12-17-14/h5-6,12-13,15H,3-4,7-11H2,1-2H3. The van der Waals surface area contributed by atoms with Gasteiger partial charge in [-0.2, -0.15) is 0 Å². The van der Waals surface area contributed by atoms with E-state index < -0.39 is 0 Å². The molecule has 1 atom stereocenters. The normalized spacial score (nSPS) is 12.8. The number of hydrogen-bond donors (Lipinski definition) is 1. The highest BCUT2D eigenvalue weighted by Gasteiger charge is 2.08. The fourth-order valence-corrected chi connectivity index (χ4v) is 2.56. The molecule has 0 saturated carbocycles. The zero-order valence-corrected chi connectivity index (χ0v) is 11.9. The van der Waals surface area contributed by atoms with Gasteiger partial charge in [0.15, 0.2) is 0 Å². The fraction of sp³-hybridized carbons (Fsp3) is 0.714. The molecule has 98 valence electrons. The van der Waals surface area contributed by atoms with Crippen LogP contribution in [0, 0.1) is 0 Å². The minimum absolute atomic E-state index is 0.601. The van der Waals surface area contributed by atoms with Gasteiger partial charge >= 0.3 is 0 Å². The van der Waals surface area contributed by atoms with Crippen molar-refractivity contribution in [1.82, 2.24) is 5.32 Å². The second-order valence-electron chi connectivity index (χ2n) is 4.25. The van der Waals surface area contributed by atoms with Gasteiger partial charge in [-0.15, -0.1) is 11.3 Å². The van der Waals surface area contributed by atoms with Crippen molar-refractivity contribution in [2.45, 2.75) is 45.6 Å². The van der Waals surface area contributed by atoms with Crippen molar-refractivity contribution in [2.24, 2.45) is 0 Å². The third-order valence-corrected chi connectivity index (χ3v) is 3.75. The van der Waals surface area contributed by atoms with Crippen LogP contribution in [0.1, 0.15) is 38.0 Å². The van der Waals surface area contributed by atoms with Gasteiger partial charge in [0.2, 0.25) is 0 Å². The summed E-state index contributed by atoms with van der Waals surface area (Å²) in [5.74, 6) is 0. The van der Waals surface area contributed by atoms with Crippen LogP contribution >= 0.6 is 11.3 Å². The lowest BCUT2D eigenvalue weighted by Crippen LogP contribution is -2.31. The third-order valence-electron chi connectivity index (χ3n) is 2.82. The molecular weight excluding hydrogens is 230 g/mol. The van der Waals surface area contributed by atoms with Crippen LogP contribution in [0.15, 0.2) is 17.5 Å². The molecule has 0 aliphatic heterocycles. The van der Waals surface area contributed by atoms with Crippen molar-refractivity contribution in [3.8, 4) is 0 Å². The molecule has 1 aromatic heterocycles.